The Morgan fingerprint density at radius 1 is 1.75 bits per heavy atom. The molecule has 1 atom stereocenters. The van der Waals surface area contributed by atoms with E-state index in [9.17, 15) is 9.59 Å². The van der Waals surface area contributed by atoms with Crippen LogP contribution >= 0.6 is 0 Å². The van der Waals surface area contributed by atoms with Crippen LogP contribution in [0.2, 0.25) is 0 Å². The largest absolute Gasteiger partial charge is 0.299 e. The number of hydrogen-bond acceptors (Lipinski definition) is 2. The molecule has 0 saturated heterocycles. The van der Waals surface area contributed by atoms with Crippen molar-refractivity contribution in [3.8, 4) is 0 Å². The molecule has 0 N–H and O–H groups in total. The molecule has 2 nitrogen and oxygen atoms in total. The third-order valence-corrected chi connectivity index (χ3v) is 2.71. The zero-order valence-corrected chi connectivity index (χ0v) is 7.43. The van der Waals surface area contributed by atoms with Crippen molar-refractivity contribution in [2.45, 2.75) is 32.6 Å². The predicted molar refractivity (Wildman–Crippen MR) is 46.8 cm³/mol. The summed E-state index contributed by atoms with van der Waals surface area (Å²) >= 11 is 0. The molecule has 0 aromatic rings. The average molecular weight is 166 g/mol. The van der Waals surface area contributed by atoms with Crippen molar-refractivity contribution in [3.63, 3.8) is 0 Å². The van der Waals surface area contributed by atoms with Gasteiger partial charge in [-0.05, 0) is 26.2 Å². The van der Waals surface area contributed by atoms with Gasteiger partial charge in [-0.25, -0.2) is 0 Å². The van der Waals surface area contributed by atoms with Crippen molar-refractivity contribution in [1.82, 2.24) is 0 Å². The fourth-order valence-electron chi connectivity index (χ4n) is 1.91. The number of carbonyl (C=O) groups excluding carboxylic acids is 2. The highest BCUT2D eigenvalue weighted by Crippen LogP contribution is 2.38. The van der Waals surface area contributed by atoms with E-state index in [1.54, 1.807) is 6.08 Å². The second-order valence-electron chi connectivity index (χ2n) is 3.41. The molecule has 0 unspecified atom stereocenters. The lowest BCUT2D eigenvalue weighted by molar-refractivity contribution is -0.137. The first kappa shape index (κ1) is 9.17. The Morgan fingerprint density at radius 2 is 2.42 bits per heavy atom. The molecule has 2 heteroatoms. The van der Waals surface area contributed by atoms with Crippen molar-refractivity contribution in [2.75, 3.05) is 0 Å². The van der Waals surface area contributed by atoms with Crippen molar-refractivity contribution in [3.05, 3.63) is 12.7 Å². The highest BCUT2D eigenvalue weighted by molar-refractivity contribution is 6.07. The maximum atomic E-state index is 11.5. The van der Waals surface area contributed by atoms with E-state index in [0.717, 1.165) is 6.42 Å². The molecule has 1 aliphatic carbocycles. The van der Waals surface area contributed by atoms with Gasteiger partial charge in [-0.3, -0.25) is 9.59 Å². The molecule has 1 rings (SSSR count). The molecule has 0 aromatic carbocycles. The molecule has 1 aliphatic rings. The minimum Gasteiger partial charge on any atom is -0.299 e. The first-order valence-electron chi connectivity index (χ1n) is 4.29. The summed E-state index contributed by atoms with van der Waals surface area (Å²) in [7, 11) is 0. The first-order chi connectivity index (χ1) is 5.63. The third kappa shape index (κ3) is 1.22. The van der Waals surface area contributed by atoms with Gasteiger partial charge in [-0.2, -0.15) is 0 Å². The van der Waals surface area contributed by atoms with Crippen molar-refractivity contribution < 1.29 is 9.59 Å². The number of hydrogen-bond donors (Lipinski definition) is 0. The van der Waals surface area contributed by atoms with Gasteiger partial charge in [-0.1, -0.05) is 6.08 Å². The topological polar surface area (TPSA) is 34.1 Å². The summed E-state index contributed by atoms with van der Waals surface area (Å²) < 4.78 is 0. The SMILES string of the molecule is C=CC[C@@]1(C(C)=O)CCCC1=O. The molecule has 0 heterocycles. The molecule has 0 spiro atoms. The van der Waals surface area contributed by atoms with Gasteiger partial charge in [0, 0.05) is 6.42 Å². The molecule has 0 aromatic heterocycles. The van der Waals surface area contributed by atoms with Gasteiger partial charge in [0.1, 0.15) is 11.6 Å². The number of allylic oxidation sites excluding steroid dienone is 1. The summed E-state index contributed by atoms with van der Waals surface area (Å²) in [6.07, 6.45) is 4.32. The zero-order valence-electron chi connectivity index (χ0n) is 7.43. The summed E-state index contributed by atoms with van der Waals surface area (Å²) in [5, 5.41) is 0. The molecular weight excluding hydrogens is 152 g/mol. The van der Waals surface area contributed by atoms with E-state index in [4.69, 9.17) is 0 Å². The highest BCUT2D eigenvalue weighted by atomic mass is 16.2. The van der Waals surface area contributed by atoms with E-state index < -0.39 is 5.41 Å². The van der Waals surface area contributed by atoms with Crippen LogP contribution in [0.15, 0.2) is 12.7 Å². The molecule has 0 aliphatic heterocycles. The van der Waals surface area contributed by atoms with Crippen LogP contribution in [-0.2, 0) is 9.59 Å². The van der Waals surface area contributed by atoms with E-state index in [1.165, 1.54) is 6.92 Å². The van der Waals surface area contributed by atoms with Gasteiger partial charge in [0.15, 0.2) is 0 Å². The minimum atomic E-state index is -0.693. The van der Waals surface area contributed by atoms with E-state index in [-0.39, 0.29) is 11.6 Å². The molecule has 66 valence electrons. The molecule has 1 saturated carbocycles. The quantitative estimate of drug-likeness (QED) is 0.474. The smallest absolute Gasteiger partial charge is 0.146 e. The van der Waals surface area contributed by atoms with Crippen LogP contribution in [0.25, 0.3) is 0 Å². The Labute approximate surface area is 72.7 Å². The van der Waals surface area contributed by atoms with Gasteiger partial charge in [0.25, 0.3) is 0 Å². The Kier molecular flexibility index (Phi) is 2.46. The standard InChI is InChI=1S/C10H14O2/c1-3-6-10(8(2)11)7-4-5-9(10)12/h3H,1,4-7H2,2H3/t10-/m0/s1. The van der Waals surface area contributed by atoms with E-state index in [0.29, 0.717) is 19.3 Å². The normalized spacial score (nSPS) is 28.9. The minimum absolute atomic E-state index is 0.00454. The van der Waals surface area contributed by atoms with Crippen LogP contribution in [0.4, 0.5) is 0 Å². The van der Waals surface area contributed by atoms with Crippen molar-refractivity contribution >= 4 is 11.6 Å². The van der Waals surface area contributed by atoms with Gasteiger partial charge in [0.05, 0.1) is 5.41 Å². The van der Waals surface area contributed by atoms with Crippen LogP contribution in [0, 0.1) is 5.41 Å². The lowest BCUT2D eigenvalue weighted by Crippen LogP contribution is -2.32. The molecular formula is C10H14O2. The molecule has 0 bridgehead atoms. The molecule has 0 radical (unpaired) electrons. The summed E-state index contributed by atoms with van der Waals surface area (Å²) in [4.78, 5) is 22.8. The maximum absolute atomic E-state index is 11.5. The Bertz CT molecular complexity index is 230. The first-order valence-corrected chi connectivity index (χ1v) is 4.29. The summed E-state index contributed by atoms with van der Waals surface area (Å²) in [5.74, 6) is 0.111. The number of rotatable bonds is 3. The van der Waals surface area contributed by atoms with Gasteiger partial charge in [0.2, 0.25) is 0 Å². The summed E-state index contributed by atoms with van der Waals surface area (Å²) in [6, 6.07) is 0. The number of Topliss-reactive ketones (excluding diaryl/α,β-unsaturated/α-hetero) is 2. The molecule has 0 amide bonds. The van der Waals surface area contributed by atoms with Gasteiger partial charge in [-0.15, -0.1) is 6.58 Å². The Morgan fingerprint density at radius 3 is 2.75 bits per heavy atom. The lowest BCUT2D eigenvalue weighted by atomic mass is 9.78. The fraction of sp³-hybridized carbons (Fsp3) is 0.600. The Hall–Kier alpha value is -0.920. The lowest BCUT2D eigenvalue weighted by Gasteiger charge is -2.21. The van der Waals surface area contributed by atoms with Crippen LogP contribution in [-0.4, -0.2) is 11.6 Å². The highest BCUT2D eigenvalue weighted by Gasteiger charge is 2.44. The van der Waals surface area contributed by atoms with Crippen LogP contribution in [0.3, 0.4) is 0 Å². The monoisotopic (exact) mass is 166 g/mol. The number of carbonyl (C=O) groups is 2. The third-order valence-electron chi connectivity index (χ3n) is 2.71. The van der Waals surface area contributed by atoms with E-state index in [1.807, 2.05) is 0 Å². The second kappa shape index (κ2) is 3.21. The van der Waals surface area contributed by atoms with Gasteiger partial charge < -0.3 is 0 Å². The van der Waals surface area contributed by atoms with Gasteiger partial charge >= 0.3 is 0 Å². The molecule has 12 heavy (non-hydrogen) atoms. The maximum Gasteiger partial charge on any atom is 0.146 e. The number of ketones is 2. The molecule has 1 fully saturated rings. The van der Waals surface area contributed by atoms with E-state index in [2.05, 4.69) is 6.58 Å². The van der Waals surface area contributed by atoms with Crippen LogP contribution < -0.4 is 0 Å². The van der Waals surface area contributed by atoms with Crippen molar-refractivity contribution in [2.24, 2.45) is 5.41 Å². The van der Waals surface area contributed by atoms with E-state index >= 15 is 0 Å². The fourth-order valence-corrected chi connectivity index (χ4v) is 1.91. The summed E-state index contributed by atoms with van der Waals surface area (Å²) in [5.41, 5.74) is -0.693. The van der Waals surface area contributed by atoms with Crippen molar-refractivity contribution in [1.29, 1.82) is 0 Å². The Balaban J connectivity index is 2.92. The predicted octanol–water partition coefficient (Wildman–Crippen LogP) is 1.89. The summed E-state index contributed by atoms with van der Waals surface area (Å²) in [6.45, 7) is 5.09. The van der Waals surface area contributed by atoms with Crippen LogP contribution in [0.1, 0.15) is 32.6 Å². The zero-order chi connectivity index (χ0) is 9.19. The van der Waals surface area contributed by atoms with Crippen LogP contribution in [0.5, 0.6) is 0 Å². The average Bonchev–Trinajstić information content (AvgIpc) is 2.34. The second-order valence-corrected chi connectivity index (χ2v) is 3.41.